The van der Waals surface area contributed by atoms with Crippen molar-refractivity contribution in [2.24, 2.45) is 5.41 Å². The maximum atomic E-state index is 12.8. The van der Waals surface area contributed by atoms with Crippen LogP contribution < -0.4 is 5.56 Å². The van der Waals surface area contributed by atoms with Gasteiger partial charge in [0.05, 0.1) is 10.8 Å². The van der Waals surface area contributed by atoms with Crippen LogP contribution in [0.5, 0.6) is 0 Å². The number of nitrogens with zero attached hydrogens (tertiary/aromatic N) is 2. The van der Waals surface area contributed by atoms with Crippen LogP contribution in [0, 0.1) is 19.3 Å². The lowest BCUT2D eigenvalue weighted by Crippen LogP contribution is -2.24. The van der Waals surface area contributed by atoms with Crippen LogP contribution in [-0.2, 0) is 16.1 Å². The van der Waals surface area contributed by atoms with Crippen molar-refractivity contribution in [1.29, 1.82) is 0 Å². The molecule has 24 heavy (non-hydrogen) atoms. The third kappa shape index (κ3) is 3.72. The highest BCUT2D eigenvalue weighted by atomic mass is 32.2. The molecule has 0 unspecified atom stereocenters. The molecule has 2 heterocycles. The molecule has 2 rings (SSSR count). The Labute approximate surface area is 149 Å². The number of rotatable bonds is 5. The van der Waals surface area contributed by atoms with Gasteiger partial charge in [-0.1, -0.05) is 6.08 Å². The minimum absolute atomic E-state index is 0.0774. The Hall–Kier alpha value is -1.60. The van der Waals surface area contributed by atoms with Gasteiger partial charge in [-0.15, -0.1) is 17.9 Å². The van der Waals surface area contributed by atoms with E-state index in [2.05, 4.69) is 11.6 Å². The van der Waals surface area contributed by atoms with Crippen LogP contribution in [0.25, 0.3) is 10.2 Å². The minimum atomic E-state index is -0.555. The zero-order chi connectivity index (χ0) is 18.1. The lowest BCUT2D eigenvalue weighted by atomic mass is 9.98. The SMILES string of the molecule is C=CCn1c(SCOC(=O)C(C)(C)C)nc2sc(C)c(C)c2c1=O. The number of carbonyl (C=O) groups excluding carboxylic acids is 1. The Balaban J connectivity index is 2.35. The molecule has 0 fully saturated rings. The molecule has 0 aliphatic carbocycles. The summed E-state index contributed by atoms with van der Waals surface area (Å²) in [5.41, 5.74) is 0.341. The first kappa shape index (κ1) is 18.7. The van der Waals surface area contributed by atoms with Gasteiger partial charge in [-0.3, -0.25) is 14.2 Å². The molecule has 2 aromatic rings. The van der Waals surface area contributed by atoms with E-state index in [0.717, 1.165) is 15.3 Å². The fourth-order valence-electron chi connectivity index (χ4n) is 2.06. The first-order chi connectivity index (χ1) is 11.2. The molecular weight excluding hydrogens is 344 g/mol. The predicted octanol–water partition coefficient (Wildman–Crippen LogP) is 3.90. The lowest BCUT2D eigenvalue weighted by molar-refractivity contribution is -0.150. The second kappa shape index (κ2) is 7.11. The molecular formula is C17H22N2O3S2. The minimum Gasteiger partial charge on any atom is -0.454 e. The molecule has 0 saturated carbocycles. The normalized spacial score (nSPS) is 11.7. The van der Waals surface area contributed by atoms with Gasteiger partial charge in [0, 0.05) is 11.4 Å². The van der Waals surface area contributed by atoms with Gasteiger partial charge in [0.1, 0.15) is 10.8 Å². The Bertz CT molecular complexity index is 844. The van der Waals surface area contributed by atoms with Gasteiger partial charge >= 0.3 is 5.97 Å². The second-order valence-corrected chi connectivity index (χ2v) is 8.60. The van der Waals surface area contributed by atoms with Crippen LogP contribution in [0.3, 0.4) is 0 Å². The number of allylic oxidation sites excluding steroid dienone is 1. The highest BCUT2D eigenvalue weighted by Crippen LogP contribution is 2.28. The smallest absolute Gasteiger partial charge is 0.312 e. The Morgan fingerprint density at radius 1 is 1.42 bits per heavy atom. The van der Waals surface area contributed by atoms with E-state index < -0.39 is 5.41 Å². The summed E-state index contributed by atoms with van der Waals surface area (Å²) in [6.07, 6.45) is 1.66. The predicted molar refractivity (Wildman–Crippen MR) is 99.8 cm³/mol. The van der Waals surface area contributed by atoms with Gasteiger partial charge in [0.25, 0.3) is 5.56 Å². The highest BCUT2D eigenvalue weighted by Gasteiger charge is 2.23. The molecule has 0 bridgehead atoms. The maximum Gasteiger partial charge on any atom is 0.312 e. The molecule has 0 aliphatic rings. The van der Waals surface area contributed by atoms with Crippen molar-refractivity contribution in [1.82, 2.24) is 9.55 Å². The van der Waals surface area contributed by atoms with Gasteiger partial charge in [-0.25, -0.2) is 4.98 Å². The molecule has 5 nitrogen and oxygen atoms in total. The monoisotopic (exact) mass is 366 g/mol. The Kier molecular flexibility index (Phi) is 5.55. The highest BCUT2D eigenvalue weighted by molar-refractivity contribution is 7.99. The molecule has 0 aliphatic heterocycles. The van der Waals surface area contributed by atoms with Crippen molar-refractivity contribution >= 4 is 39.3 Å². The molecule has 0 atom stereocenters. The quantitative estimate of drug-likeness (QED) is 0.264. The standard InChI is InChI=1S/C17H22N2O3S2/c1-7-8-19-14(20)12-10(2)11(3)24-13(12)18-16(19)23-9-22-15(21)17(4,5)6/h7H,1,8-9H2,2-6H3. The Morgan fingerprint density at radius 2 is 2.08 bits per heavy atom. The second-order valence-electron chi connectivity index (χ2n) is 6.51. The summed E-state index contributed by atoms with van der Waals surface area (Å²) in [5.74, 6) is -0.161. The van der Waals surface area contributed by atoms with Crippen LogP contribution in [-0.4, -0.2) is 21.5 Å². The first-order valence-electron chi connectivity index (χ1n) is 7.58. The topological polar surface area (TPSA) is 61.2 Å². The van der Waals surface area contributed by atoms with Gasteiger partial charge in [0.15, 0.2) is 5.16 Å². The van der Waals surface area contributed by atoms with Crippen molar-refractivity contribution in [2.45, 2.75) is 46.3 Å². The maximum absolute atomic E-state index is 12.8. The first-order valence-corrected chi connectivity index (χ1v) is 9.38. The largest absolute Gasteiger partial charge is 0.454 e. The lowest BCUT2D eigenvalue weighted by Gasteiger charge is -2.16. The summed E-state index contributed by atoms with van der Waals surface area (Å²) in [7, 11) is 0. The van der Waals surface area contributed by atoms with Crippen LogP contribution in [0.1, 0.15) is 31.2 Å². The fraction of sp³-hybridized carbons (Fsp3) is 0.471. The number of ether oxygens (including phenoxy) is 1. The zero-order valence-electron chi connectivity index (χ0n) is 14.6. The molecule has 2 aromatic heterocycles. The van der Waals surface area contributed by atoms with Crippen LogP contribution in [0.4, 0.5) is 0 Å². The van der Waals surface area contributed by atoms with Gasteiger partial charge in [0.2, 0.25) is 0 Å². The zero-order valence-corrected chi connectivity index (χ0v) is 16.3. The third-order valence-corrected chi connectivity index (χ3v) is 5.46. The van der Waals surface area contributed by atoms with E-state index in [4.69, 9.17) is 4.74 Å². The molecule has 0 radical (unpaired) electrons. The van der Waals surface area contributed by atoms with Crippen molar-refractivity contribution in [2.75, 3.05) is 5.94 Å². The van der Waals surface area contributed by atoms with E-state index in [0.29, 0.717) is 17.1 Å². The number of esters is 1. The summed E-state index contributed by atoms with van der Waals surface area (Å²) in [6.45, 7) is 13.4. The van der Waals surface area contributed by atoms with E-state index >= 15 is 0 Å². The summed E-state index contributed by atoms with van der Waals surface area (Å²) in [6, 6.07) is 0. The molecule has 130 valence electrons. The van der Waals surface area contributed by atoms with Gasteiger partial charge in [-0.05, 0) is 51.9 Å². The molecule has 7 heteroatoms. The summed E-state index contributed by atoms with van der Waals surface area (Å²) < 4.78 is 6.84. The number of carbonyl (C=O) groups is 1. The van der Waals surface area contributed by atoms with Gasteiger partial charge in [-0.2, -0.15) is 0 Å². The number of aromatic nitrogens is 2. The third-order valence-electron chi connectivity index (χ3n) is 3.56. The van der Waals surface area contributed by atoms with E-state index in [-0.39, 0.29) is 17.5 Å². The van der Waals surface area contributed by atoms with Crippen LogP contribution in [0.15, 0.2) is 22.6 Å². The molecule has 0 saturated heterocycles. The average Bonchev–Trinajstić information content (AvgIpc) is 2.77. The van der Waals surface area contributed by atoms with Crippen molar-refractivity contribution < 1.29 is 9.53 Å². The summed E-state index contributed by atoms with van der Waals surface area (Å²) in [4.78, 5) is 31.1. The number of fused-ring (bicyclic) bond motifs is 1. The van der Waals surface area contributed by atoms with Crippen molar-refractivity contribution in [3.63, 3.8) is 0 Å². The van der Waals surface area contributed by atoms with Crippen LogP contribution >= 0.6 is 23.1 Å². The molecule has 0 amide bonds. The number of thiophene rings is 1. The number of thioether (sulfide) groups is 1. The molecule has 0 spiro atoms. The summed E-state index contributed by atoms with van der Waals surface area (Å²) in [5, 5.41) is 1.20. The average molecular weight is 367 g/mol. The fourth-order valence-corrected chi connectivity index (χ4v) is 3.88. The van der Waals surface area contributed by atoms with E-state index in [1.54, 1.807) is 31.4 Å². The number of aryl methyl sites for hydroxylation is 2. The molecule has 0 aromatic carbocycles. The summed E-state index contributed by atoms with van der Waals surface area (Å²) >= 11 is 2.75. The number of hydrogen-bond donors (Lipinski definition) is 0. The molecule has 0 N–H and O–H groups in total. The Morgan fingerprint density at radius 3 is 2.67 bits per heavy atom. The van der Waals surface area contributed by atoms with E-state index in [9.17, 15) is 9.59 Å². The van der Waals surface area contributed by atoms with E-state index in [1.165, 1.54) is 23.1 Å². The van der Waals surface area contributed by atoms with Crippen LogP contribution in [0.2, 0.25) is 0 Å². The van der Waals surface area contributed by atoms with Gasteiger partial charge < -0.3 is 4.74 Å². The van der Waals surface area contributed by atoms with Crippen molar-refractivity contribution in [3.8, 4) is 0 Å². The van der Waals surface area contributed by atoms with E-state index in [1.807, 2.05) is 13.8 Å². The number of hydrogen-bond acceptors (Lipinski definition) is 6. The van der Waals surface area contributed by atoms with Crippen molar-refractivity contribution in [3.05, 3.63) is 33.4 Å².